The number of benzene rings is 6. The number of hydrogen-bond donors (Lipinski definition) is 2. The molecule has 2 aliphatic carbocycles. The molecule has 1 aliphatic heterocycles. The van der Waals surface area contributed by atoms with Gasteiger partial charge in [0, 0.05) is 43.7 Å². The van der Waals surface area contributed by atoms with Crippen molar-refractivity contribution in [3.05, 3.63) is 187 Å². The van der Waals surface area contributed by atoms with Gasteiger partial charge in [0.2, 0.25) is 5.79 Å². The Kier molecular flexibility index (Phi) is 14.3. The first kappa shape index (κ1) is 45.6. The van der Waals surface area contributed by atoms with E-state index in [9.17, 15) is 15.0 Å². The summed E-state index contributed by atoms with van der Waals surface area (Å²) in [6.07, 6.45) is 9.08. The Hall–Kier alpha value is -6.52. The quantitative estimate of drug-likeness (QED) is 0.0473. The van der Waals surface area contributed by atoms with E-state index in [1.165, 1.54) is 0 Å². The third-order valence-corrected chi connectivity index (χ3v) is 13.9. The highest BCUT2D eigenvalue weighted by Gasteiger charge is 2.65. The summed E-state index contributed by atoms with van der Waals surface area (Å²) >= 11 is 0. The summed E-state index contributed by atoms with van der Waals surface area (Å²) in [6, 6.07) is 47.6. The van der Waals surface area contributed by atoms with E-state index in [1.54, 1.807) is 11.0 Å². The number of likely N-dealkylation sites (N-methyl/N-ethyl adjacent to an activating group) is 1. The van der Waals surface area contributed by atoms with E-state index in [1.807, 2.05) is 122 Å². The zero-order valence-electron chi connectivity index (χ0n) is 38.2. The van der Waals surface area contributed by atoms with Gasteiger partial charge >= 0.3 is 0 Å². The fourth-order valence-electron chi connectivity index (χ4n) is 10.7. The molecule has 0 bridgehead atoms. The first-order valence-corrected chi connectivity index (χ1v) is 23.7. The number of fused-ring (bicyclic) bond motifs is 3. The van der Waals surface area contributed by atoms with Crippen molar-refractivity contribution in [3.8, 4) is 28.4 Å². The predicted molar refractivity (Wildman–Crippen MR) is 264 cm³/mol. The van der Waals surface area contributed by atoms with Crippen LogP contribution >= 0.6 is 0 Å². The van der Waals surface area contributed by atoms with Crippen molar-refractivity contribution >= 4 is 22.4 Å². The Morgan fingerprint density at radius 3 is 2.22 bits per heavy atom. The Morgan fingerprint density at radius 2 is 1.48 bits per heavy atom. The molecule has 6 unspecified atom stereocenters. The normalized spacial score (nSPS) is 22.2. The number of amides is 1. The van der Waals surface area contributed by atoms with Gasteiger partial charge < -0.3 is 34.2 Å². The standard InChI is InChI=1S/C58H60N2O7/c1-3-34-64-58-54(60(2)57(63)46-25-24-42-20-10-11-21-44(42)35-46)38-52(59-65-39-40-16-6-4-7-17-40)50-36-45(22-12-14-32-61)49(23-13-15-33-62)55(56(50)58)51-37-48(30-31-53(51)67-58)66-47-28-26-43(27-29-47)41-18-8-5-9-19-41/h3-11,16-21,24-31,35-37,45,49,54-56,61-62H,1,12-15,22-23,32-34,38-39H2,2H3. The van der Waals surface area contributed by atoms with Crippen molar-refractivity contribution in [2.24, 2.45) is 22.9 Å². The van der Waals surface area contributed by atoms with Gasteiger partial charge in [-0.1, -0.05) is 133 Å². The van der Waals surface area contributed by atoms with E-state index in [0.717, 1.165) is 70.0 Å². The van der Waals surface area contributed by atoms with Crippen LogP contribution in [0.25, 0.3) is 21.9 Å². The summed E-state index contributed by atoms with van der Waals surface area (Å²) in [7, 11) is 1.84. The molecule has 9 heteroatoms. The van der Waals surface area contributed by atoms with Crippen molar-refractivity contribution in [2.45, 2.75) is 69.3 Å². The largest absolute Gasteiger partial charge is 0.459 e. The lowest BCUT2D eigenvalue weighted by atomic mass is 9.55. The van der Waals surface area contributed by atoms with Crippen molar-refractivity contribution in [1.29, 1.82) is 0 Å². The molecule has 9 rings (SSSR count). The third kappa shape index (κ3) is 9.68. The van der Waals surface area contributed by atoms with Gasteiger partial charge in [0.1, 0.15) is 29.9 Å². The molecule has 6 atom stereocenters. The maximum absolute atomic E-state index is 15.0. The molecular weight excluding hydrogens is 837 g/mol. The van der Waals surface area contributed by atoms with Crippen LogP contribution in [0.3, 0.4) is 0 Å². The molecule has 0 spiro atoms. The van der Waals surface area contributed by atoms with E-state index >= 15 is 0 Å². The van der Waals surface area contributed by atoms with Crippen LogP contribution < -0.4 is 9.47 Å². The van der Waals surface area contributed by atoms with E-state index in [4.69, 9.17) is 24.2 Å². The monoisotopic (exact) mass is 896 g/mol. The van der Waals surface area contributed by atoms with Crippen molar-refractivity contribution in [1.82, 2.24) is 4.90 Å². The van der Waals surface area contributed by atoms with E-state index in [-0.39, 0.29) is 50.1 Å². The van der Waals surface area contributed by atoms with Crippen LogP contribution in [-0.2, 0) is 16.2 Å². The lowest BCUT2D eigenvalue weighted by Crippen LogP contribution is -2.69. The molecule has 1 amide bonds. The topological polar surface area (TPSA) is 110 Å². The summed E-state index contributed by atoms with van der Waals surface area (Å²) in [4.78, 5) is 23.0. The maximum atomic E-state index is 15.0. The first-order valence-electron chi connectivity index (χ1n) is 23.7. The van der Waals surface area contributed by atoms with Crippen molar-refractivity contribution in [2.75, 3.05) is 26.9 Å². The van der Waals surface area contributed by atoms with Gasteiger partial charge in [-0.25, -0.2) is 0 Å². The molecule has 9 nitrogen and oxygen atoms in total. The number of ether oxygens (including phenoxy) is 3. The van der Waals surface area contributed by atoms with E-state index in [2.05, 4.69) is 43.0 Å². The van der Waals surface area contributed by atoms with Gasteiger partial charge in [-0.05, 0) is 113 Å². The van der Waals surface area contributed by atoms with Crippen LogP contribution in [0.5, 0.6) is 17.2 Å². The fourth-order valence-corrected chi connectivity index (χ4v) is 10.7. The fraction of sp³-hybridized carbons (Fsp3) is 0.310. The number of rotatable bonds is 19. The van der Waals surface area contributed by atoms with Gasteiger partial charge in [-0.3, -0.25) is 4.79 Å². The number of aliphatic hydroxyl groups excluding tert-OH is 2. The van der Waals surface area contributed by atoms with Crippen LogP contribution in [0.15, 0.2) is 175 Å². The average Bonchev–Trinajstić information content (AvgIpc) is 3.37. The smallest absolute Gasteiger partial charge is 0.254 e. The molecule has 1 saturated carbocycles. The SMILES string of the molecule is C=CCOC12Oc3ccc(Oc4ccc(-c5ccccc5)cc4)cc3C3C(CCCCO)C(CCCCO)C=C(C(=NOCc4ccccc4)CC1N(C)C(=O)c1ccc4ccccc4c1)C32. The Bertz CT molecular complexity index is 2700. The number of carbonyl (C=O) groups is 1. The van der Waals surface area contributed by atoms with Crippen LogP contribution in [0.2, 0.25) is 0 Å². The average molecular weight is 897 g/mol. The van der Waals surface area contributed by atoms with Gasteiger partial charge in [-0.2, -0.15) is 0 Å². The second-order valence-corrected chi connectivity index (χ2v) is 18.0. The molecule has 1 fully saturated rings. The van der Waals surface area contributed by atoms with E-state index < -0.39 is 17.7 Å². The Morgan fingerprint density at radius 1 is 0.791 bits per heavy atom. The summed E-state index contributed by atoms with van der Waals surface area (Å²) in [5, 5.41) is 27.0. The molecule has 3 aliphatic rings. The number of oxime groups is 1. The molecule has 344 valence electrons. The van der Waals surface area contributed by atoms with E-state index in [0.29, 0.717) is 42.1 Å². The zero-order chi connectivity index (χ0) is 46.2. The number of nitrogens with zero attached hydrogens (tertiary/aromatic N) is 2. The third-order valence-electron chi connectivity index (χ3n) is 13.9. The van der Waals surface area contributed by atoms with Crippen molar-refractivity contribution < 1.29 is 34.1 Å². The number of hydrogen-bond acceptors (Lipinski definition) is 8. The second kappa shape index (κ2) is 21.0. The Labute approximate surface area is 394 Å². The number of carbonyl (C=O) groups excluding carboxylic acids is 1. The van der Waals surface area contributed by atoms with Gasteiger partial charge in [0.05, 0.1) is 18.2 Å². The van der Waals surface area contributed by atoms with Crippen LogP contribution in [0, 0.1) is 17.8 Å². The zero-order valence-corrected chi connectivity index (χ0v) is 38.2. The highest BCUT2D eigenvalue weighted by Crippen LogP contribution is 2.62. The van der Waals surface area contributed by atoms with Crippen molar-refractivity contribution in [3.63, 3.8) is 0 Å². The second-order valence-electron chi connectivity index (χ2n) is 18.0. The number of allylic oxidation sites excluding steroid dienone is 1. The summed E-state index contributed by atoms with van der Waals surface area (Å²) in [5.74, 6) is 0.0251. The molecule has 2 N–H and O–H groups in total. The molecule has 67 heavy (non-hydrogen) atoms. The highest BCUT2D eigenvalue weighted by atomic mass is 16.7. The minimum Gasteiger partial charge on any atom is -0.459 e. The van der Waals surface area contributed by atoms with Crippen LogP contribution in [-0.4, -0.2) is 65.4 Å². The summed E-state index contributed by atoms with van der Waals surface area (Å²) in [6.45, 7) is 4.74. The Balaban J connectivity index is 1.19. The van der Waals surface area contributed by atoms with Gasteiger partial charge in [-0.15, -0.1) is 6.58 Å². The summed E-state index contributed by atoms with van der Waals surface area (Å²) < 4.78 is 21.2. The van der Waals surface area contributed by atoms with Crippen LogP contribution in [0.4, 0.5) is 0 Å². The lowest BCUT2D eigenvalue weighted by Gasteiger charge is -2.59. The minimum absolute atomic E-state index is 0.0699. The molecular formula is C58H60N2O7. The lowest BCUT2D eigenvalue weighted by molar-refractivity contribution is -0.252. The molecule has 1 heterocycles. The van der Waals surface area contributed by atoms with Crippen LogP contribution in [0.1, 0.15) is 72.3 Å². The molecule has 6 aromatic rings. The predicted octanol–water partition coefficient (Wildman–Crippen LogP) is 11.9. The number of aliphatic hydroxyl groups is 2. The molecule has 6 aromatic carbocycles. The molecule has 0 saturated heterocycles. The molecule has 0 radical (unpaired) electrons. The number of unbranched alkanes of at least 4 members (excludes halogenated alkanes) is 2. The maximum Gasteiger partial charge on any atom is 0.254 e. The first-order chi connectivity index (χ1) is 32.9. The highest BCUT2D eigenvalue weighted by molar-refractivity contribution is 6.04. The van der Waals surface area contributed by atoms with Gasteiger partial charge in [0.25, 0.3) is 5.91 Å². The summed E-state index contributed by atoms with van der Waals surface area (Å²) in [5.41, 5.74) is 6.49. The molecule has 0 aromatic heterocycles. The van der Waals surface area contributed by atoms with Gasteiger partial charge in [0.15, 0.2) is 0 Å². The minimum atomic E-state index is -1.38.